The smallest absolute Gasteiger partial charge is 0.345 e. The van der Waals surface area contributed by atoms with Crippen molar-refractivity contribution in [2.45, 2.75) is 32.8 Å². The summed E-state index contributed by atoms with van der Waals surface area (Å²) in [4.78, 5) is 6.41. The van der Waals surface area contributed by atoms with Crippen LogP contribution in [0.2, 0.25) is 5.02 Å². The van der Waals surface area contributed by atoms with Crippen LogP contribution in [0.25, 0.3) is 10.9 Å². The number of fused-ring (bicyclic) bond motifs is 1. The van der Waals surface area contributed by atoms with Gasteiger partial charge in [0.05, 0.1) is 17.1 Å². The van der Waals surface area contributed by atoms with E-state index in [-0.39, 0.29) is 11.7 Å². The van der Waals surface area contributed by atoms with Gasteiger partial charge in [0.25, 0.3) is 0 Å². The van der Waals surface area contributed by atoms with E-state index in [1.54, 1.807) is 18.2 Å². The first-order chi connectivity index (χ1) is 18.4. The summed E-state index contributed by atoms with van der Waals surface area (Å²) < 4.78 is 39.0. The standard InChI is InChI=1S/C25H30ClN7O3S2/c1-18-8-12-32(13-9-18)11-3-10-27-22-14-20(26)7-6-19(22)16-36-24-5-2-4-23-21(24)15-29-33(23)38(34,35)31-25-28-17-30-37-25/h2,4-7,14-15,17-18,27H,3,8-13,16H2,1H3,(H,28,30,31). The number of ether oxygens (including phenoxy) is 1. The molecule has 2 aromatic heterocycles. The molecule has 0 bridgehead atoms. The molecule has 38 heavy (non-hydrogen) atoms. The molecule has 1 aliphatic rings. The van der Waals surface area contributed by atoms with Crippen LogP contribution in [-0.2, 0) is 16.8 Å². The zero-order chi connectivity index (χ0) is 26.5. The molecule has 1 saturated heterocycles. The van der Waals surface area contributed by atoms with E-state index < -0.39 is 10.2 Å². The maximum absolute atomic E-state index is 12.8. The van der Waals surface area contributed by atoms with Crippen LogP contribution in [0, 0.1) is 5.92 Å². The molecule has 0 aliphatic carbocycles. The highest BCUT2D eigenvalue weighted by Gasteiger charge is 2.20. The van der Waals surface area contributed by atoms with Crippen molar-refractivity contribution < 1.29 is 13.2 Å². The van der Waals surface area contributed by atoms with Gasteiger partial charge in [-0.1, -0.05) is 30.7 Å². The van der Waals surface area contributed by atoms with Gasteiger partial charge in [0.15, 0.2) is 0 Å². The minimum atomic E-state index is -4.01. The molecule has 1 aliphatic heterocycles. The van der Waals surface area contributed by atoms with Crippen molar-refractivity contribution in [3.05, 3.63) is 59.5 Å². The molecule has 2 aromatic carbocycles. The molecule has 0 radical (unpaired) electrons. The number of nitrogens with zero attached hydrogens (tertiary/aromatic N) is 5. The van der Waals surface area contributed by atoms with Crippen LogP contribution in [0.4, 0.5) is 10.8 Å². The van der Waals surface area contributed by atoms with E-state index >= 15 is 0 Å². The fourth-order valence-corrected chi connectivity index (χ4v) is 6.37. The first-order valence-electron chi connectivity index (χ1n) is 12.5. The average Bonchev–Trinajstić information content (AvgIpc) is 3.57. The summed E-state index contributed by atoms with van der Waals surface area (Å²) >= 11 is 7.23. The fourth-order valence-electron chi connectivity index (χ4n) is 4.50. The van der Waals surface area contributed by atoms with Gasteiger partial charge in [-0.25, -0.2) is 9.71 Å². The third-order valence-corrected chi connectivity index (χ3v) is 8.79. The van der Waals surface area contributed by atoms with Gasteiger partial charge in [-0.2, -0.15) is 17.9 Å². The lowest BCUT2D eigenvalue weighted by Gasteiger charge is -2.30. The third kappa shape index (κ3) is 6.37. The van der Waals surface area contributed by atoms with E-state index in [1.807, 2.05) is 18.2 Å². The van der Waals surface area contributed by atoms with Crippen molar-refractivity contribution in [2.24, 2.45) is 5.92 Å². The van der Waals surface area contributed by atoms with Crippen molar-refractivity contribution in [3.63, 3.8) is 0 Å². The molecule has 2 N–H and O–H groups in total. The maximum atomic E-state index is 12.8. The number of rotatable bonds is 11. The molecular formula is C25H30ClN7O3S2. The molecule has 10 nitrogen and oxygen atoms in total. The molecule has 0 unspecified atom stereocenters. The molecule has 5 rings (SSSR count). The lowest BCUT2D eigenvalue weighted by Crippen LogP contribution is -2.34. The average molecular weight is 576 g/mol. The highest BCUT2D eigenvalue weighted by Crippen LogP contribution is 2.29. The van der Waals surface area contributed by atoms with E-state index in [2.05, 4.69) is 36.3 Å². The monoisotopic (exact) mass is 575 g/mol. The Morgan fingerprint density at radius 3 is 2.84 bits per heavy atom. The second-order valence-electron chi connectivity index (χ2n) is 9.42. The van der Waals surface area contributed by atoms with Gasteiger partial charge in [-0.05, 0) is 69.1 Å². The number of hydrogen-bond acceptors (Lipinski definition) is 9. The van der Waals surface area contributed by atoms with Gasteiger partial charge in [-0.15, -0.1) is 4.09 Å². The molecule has 202 valence electrons. The number of likely N-dealkylation sites (tertiary alicyclic amines) is 1. The van der Waals surface area contributed by atoms with Crippen LogP contribution in [0.1, 0.15) is 31.7 Å². The SMILES string of the molecule is CC1CCN(CCCNc2cc(Cl)ccc2COc2cccc3c2cnn3S(=O)(=O)Nc2ncns2)CC1. The second-order valence-corrected chi connectivity index (χ2v) is 12.1. The predicted molar refractivity (Wildman–Crippen MR) is 151 cm³/mol. The van der Waals surface area contributed by atoms with E-state index in [0.717, 1.165) is 52.3 Å². The van der Waals surface area contributed by atoms with Crippen molar-refractivity contribution in [3.8, 4) is 5.75 Å². The Kier molecular flexibility index (Phi) is 8.32. The van der Waals surface area contributed by atoms with E-state index in [0.29, 0.717) is 21.7 Å². The van der Waals surface area contributed by atoms with Gasteiger partial charge in [-0.3, -0.25) is 0 Å². The first kappa shape index (κ1) is 26.7. The number of hydrogen-bond donors (Lipinski definition) is 2. The van der Waals surface area contributed by atoms with Crippen molar-refractivity contribution >= 4 is 55.1 Å². The Morgan fingerprint density at radius 1 is 1.21 bits per heavy atom. The number of benzene rings is 2. The Labute approximate surface area is 231 Å². The Bertz CT molecular complexity index is 1470. The number of nitrogens with one attached hydrogen (secondary N) is 2. The zero-order valence-electron chi connectivity index (χ0n) is 21.0. The fraction of sp³-hybridized carbons (Fsp3) is 0.400. The van der Waals surface area contributed by atoms with Crippen molar-refractivity contribution in [2.75, 3.05) is 36.2 Å². The zero-order valence-corrected chi connectivity index (χ0v) is 23.4. The lowest BCUT2D eigenvalue weighted by atomic mass is 9.99. The summed E-state index contributed by atoms with van der Waals surface area (Å²) in [5.41, 5.74) is 2.27. The highest BCUT2D eigenvalue weighted by atomic mass is 35.5. The molecular weight excluding hydrogens is 546 g/mol. The first-order valence-corrected chi connectivity index (χ1v) is 15.1. The molecule has 13 heteroatoms. The highest BCUT2D eigenvalue weighted by molar-refractivity contribution is 7.91. The van der Waals surface area contributed by atoms with Crippen molar-refractivity contribution in [1.82, 2.24) is 23.4 Å². The van der Waals surface area contributed by atoms with E-state index in [4.69, 9.17) is 16.3 Å². The summed E-state index contributed by atoms with van der Waals surface area (Å²) in [7, 11) is -4.01. The number of anilines is 2. The number of piperidine rings is 1. The summed E-state index contributed by atoms with van der Waals surface area (Å²) in [5.74, 6) is 1.36. The van der Waals surface area contributed by atoms with Crippen LogP contribution >= 0.6 is 23.1 Å². The quantitative estimate of drug-likeness (QED) is 0.244. The van der Waals surface area contributed by atoms with Gasteiger partial charge in [0.1, 0.15) is 18.7 Å². The Morgan fingerprint density at radius 2 is 2.05 bits per heavy atom. The lowest BCUT2D eigenvalue weighted by molar-refractivity contribution is 0.192. The Balaban J connectivity index is 1.24. The third-order valence-electron chi connectivity index (χ3n) is 6.64. The van der Waals surface area contributed by atoms with Gasteiger partial charge in [0, 0.05) is 34.4 Å². The number of aromatic nitrogens is 4. The van der Waals surface area contributed by atoms with Gasteiger partial charge in [0.2, 0.25) is 5.13 Å². The summed E-state index contributed by atoms with van der Waals surface area (Å²) in [6, 6.07) is 10.9. The molecule has 0 atom stereocenters. The second kappa shape index (κ2) is 11.9. The molecule has 4 aromatic rings. The maximum Gasteiger partial charge on any atom is 0.345 e. The normalized spacial score (nSPS) is 15.1. The largest absolute Gasteiger partial charge is 0.488 e. The van der Waals surface area contributed by atoms with Crippen LogP contribution in [0.3, 0.4) is 0 Å². The molecule has 0 spiro atoms. The van der Waals surface area contributed by atoms with Gasteiger partial charge >= 0.3 is 10.2 Å². The van der Waals surface area contributed by atoms with E-state index in [9.17, 15) is 8.42 Å². The molecule has 3 heterocycles. The summed E-state index contributed by atoms with van der Waals surface area (Å²) in [5, 5.41) is 9.00. The van der Waals surface area contributed by atoms with Crippen LogP contribution in [-0.4, -0.2) is 58.0 Å². The molecule has 1 fully saturated rings. The summed E-state index contributed by atoms with van der Waals surface area (Å²) in [6.45, 7) is 6.88. The Hall–Kier alpha value is -2.93. The minimum Gasteiger partial charge on any atom is -0.488 e. The molecule has 0 amide bonds. The number of halogens is 1. The van der Waals surface area contributed by atoms with Crippen LogP contribution in [0.5, 0.6) is 5.75 Å². The minimum absolute atomic E-state index is 0.161. The predicted octanol–water partition coefficient (Wildman–Crippen LogP) is 4.86. The van der Waals surface area contributed by atoms with Crippen molar-refractivity contribution in [1.29, 1.82) is 0 Å². The van der Waals surface area contributed by atoms with E-state index in [1.165, 1.54) is 38.5 Å². The van der Waals surface area contributed by atoms with Crippen LogP contribution < -0.4 is 14.8 Å². The van der Waals surface area contributed by atoms with Crippen LogP contribution in [0.15, 0.2) is 48.9 Å². The summed E-state index contributed by atoms with van der Waals surface area (Å²) in [6.07, 6.45) is 6.36. The van der Waals surface area contributed by atoms with Gasteiger partial charge < -0.3 is 15.0 Å². The molecule has 0 saturated carbocycles. The topological polar surface area (TPSA) is 114 Å².